The van der Waals surface area contributed by atoms with Crippen LogP contribution < -0.4 is 5.73 Å². The van der Waals surface area contributed by atoms with E-state index in [1.165, 1.54) is 5.56 Å². The quantitative estimate of drug-likeness (QED) is 0.884. The first-order chi connectivity index (χ1) is 10.6. The summed E-state index contributed by atoms with van der Waals surface area (Å²) in [7, 11) is 1.57. The third-order valence-corrected chi connectivity index (χ3v) is 4.30. The summed E-state index contributed by atoms with van der Waals surface area (Å²) in [5.74, 6) is -0.00406. The Morgan fingerprint density at radius 3 is 2.73 bits per heavy atom. The lowest BCUT2D eigenvalue weighted by Crippen LogP contribution is -2.47. The number of ether oxygens (including phenoxy) is 1. The monoisotopic (exact) mass is 305 g/mol. The first-order valence-corrected chi connectivity index (χ1v) is 7.93. The van der Waals surface area contributed by atoms with Gasteiger partial charge in [-0.05, 0) is 18.9 Å². The highest BCUT2D eigenvalue weighted by atomic mass is 16.5. The van der Waals surface area contributed by atoms with Crippen molar-refractivity contribution in [3.63, 3.8) is 0 Å². The van der Waals surface area contributed by atoms with E-state index in [0.29, 0.717) is 6.04 Å². The molecule has 0 aliphatic carbocycles. The molecule has 1 aromatic rings. The number of hydrogen-bond donors (Lipinski definition) is 1. The van der Waals surface area contributed by atoms with E-state index in [4.69, 9.17) is 10.5 Å². The number of rotatable bonds is 5. The molecule has 1 amide bonds. The van der Waals surface area contributed by atoms with Crippen molar-refractivity contribution in [1.82, 2.24) is 9.80 Å². The maximum absolute atomic E-state index is 12.3. The molecule has 2 unspecified atom stereocenters. The van der Waals surface area contributed by atoms with Gasteiger partial charge < -0.3 is 15.4 Å². The summed E-state index contributed by atoms with van der Waals surface area (Å²) < 4.78 is 4.99. The Hall–Kier alpha value is -1.43. The van der Waals surface area contributed by atoms with Crippen LogP contribution in [0.1, 0.15) is 18.9 Å². The van der Waals surface area contributed by atoms with E-state index >= 15 is 0 Å². The van der Waals surface area contributed by atoms with Gasteiger partial charge in [-0.15, -0.1) is 0 Å². The molecule has 0 radical (unpaired) electrons. The van der Waals surface area contributed by atoms with Gasteiger partial charge in [0.25, 0.3) is 0 Å². The van der Waals surface area contributed by atoms with Gasteiger partial charge in [-0.25, -0.2) is 0 Å². The largest absolute Gasteiger partial charge is 0.383 e. The highest BCUT2D eigenvalue weighted by Gasteiger charge is 2.26. The minimum atomic E-state index is -0.555. The zero-order chi connectivity index (χ0) is 15.9. The molecule has 1 aliphatic heterocycles. The van der Waals surface area contributed by atoms with Crippen molar-refractivity contribution in [2.45, 2.75) is 32.0 Å². The van der Waals surface area contributed by atoms with Gasteiger partial charge in [0.1, 0.15) is 6.04 Å². The Labute approximate surface area is 133 Å². The molecule has 1 aromatic carbocycles. The smallest absolute Gasteiger partial charge is 0.241 e. The van der Waals surface area contributed by atoms with Crippen LogP contribution in [0, 0.1) is 0 Å². The second kappa shape index (κ2) is 8.27. The lowest BCUT2D eigenvalue weighted by molar-refractivity contribution is -0.133. The number of amides is 1. The van der Waals surface area contributed by atoms with E-state index in [9.17, 15) is 4.79 Å². The van der Waals surface area contributed by atoms with Crippen LogP contribution in [-0.2, 0) is 16.1 Å². The highest BCUT2D eigenvalue weighted by Crippen LogP contribution is 2.15. The molecule has 0 bridgehead atoms. The predicted octanol–water partition coefficient (Wildman–Crippen LogP) is 1.08. The van der Waals surface area contributed by atoms with E-state index in [2.05, 4.69) is 36.1 Å². The van der Waals surface area contributed by atoms with Crippen molar-refractivity contribution < 1.29 is 9.53 Å². The zero-order valence-electron chi connectivity index (χ0n) is 13.6. The number of benzene rings is 1. The Kier molecular flexibility index (Phi) is 6.36. The Balaban J connectivity index is 1.94. The average Bonchev–Trinajstić information content (AvgIpc) is 2.71. The number of hydrogen-bond acceptors (Lipinski definition) is 4. The molecule has 122 valence electrons. The fraction of sp³-hybridized carbons (Fsp3) is 0.588. The van der Waals surface area contributed by atoms with Crippen LogP contribution in [0.4, 0.5) is 0 Å². The lowest BCUT2D eigenvalue weighted by Gasteiger charge is -2.26. The van der Waals surface area contributed by atoms with Crippen molar-refractivity contribution in [2.24, 2.45) is 5.73 Å². The Morgan fingerprint density at radius 1 is 1.32 bits per heavy atom. The molecule has 1 aliphatic rings. The zero-order valence-corrected chi connectivity index (χ0v) is 13.6. The third-order valence-electron chi connectivity index (χ3n) is 4.30. The summed E-state index contributed by atoms with van der Waals surface area (Å²) in [4.78, 5) is 16.6. The molecule has 5 nitrogen and oxygen atoms in total. The highest BCUT2D eigenvalue weighted by molar-refractivity contribution is 5.81. The molecule has 1 heterocycles. The number of carbonyl (C=O) groups excluding carboxylic acids is 1. The average molecular weight is 305 g/mol. The van der Waals surface area contributed by atoms with E-state index in [-0.39, 0.29) is 12.5 Å². The number of nitrogens with zero attached hydrogens (tertiary/aromatic N) is 2. The minimum absolute atomic E-state index is 0.00406. The van der Waals surface area contributed by atoms with Gasteiger partial charge in [0, 0.05) is 39.3 Å². The molecular weight excluding hydrogens is 278 g/mol. The molecule has 2 N–H and O–H groups in total. The Morgan fingerprint density at radius 2 is 2.05 bits per heavy atom. The van der Waals surface area contributed by atoms with Gasteiger partial charge in [0.15, 0.2) is 0 Å². The van der Waals surface area contributed by atoms with E-state index in [0.717, 1.165) is 32.6 Å². The molecule has 2 atom stereocenters. The van der Waals surface area contributed by atoms with Crippen LogP contribution >= 0.6 is 0 Å². The lowest BCUT2D eigenvalue weighted by atomic mass is 10.1. The molecule has 0 aromatic heterocycles. The van der Waals surface area contributed by atoms with Crippen LogP contribution in [0.15, 0.2) is 30.3 Å². The van der Waals surface area contributed by atoms with Crippen LogP contribution in [0.3, 0.4) is 0 Å². The first kappa shape index (κ1) is 16.9. The van der Waals surface area contributed by atoms with Crippen LogP contribution in [0.25, 0.3) is 0 Å². The second-order valence-electron chi connectivity index (χ2n) is 5.98. The predicted molar refractivity (Wildman–Crippen MR) is 87.4 cm³/mol. The maximum Gasteiger partial charge on any atom is 0.241 e. The summed E-state index contributed by atoms with van der Waals surface area (Å²) in [6, 6.07) is 10.4. The maximum atomic E-state index is 12.3. The molecule has 0 saturated carbocycles. The molecule has 1 saturated heterocycles. The Bertz CT molecular complexity index is 466. The summed E-state index contributed by atoms with van der Waals surface area (Å²) in [6.07, 6.45) is 0.971. The van der Waals surface area contributed by atoms with Crippen molar-refractivity contribution in [1.29, 1.82) is 0 Å². The van der Waals surface area contributed by atoms with Gasteiger partial charge in [-0.2, -0.15) is 0 Å². The van der Waals surface area contributed by atoms with E-state index < -0.39 is 6.04 Å². The summed E-state index contributed by atoms with van der Waals surface area (Å²) in [5, 5.41) is 0. The normalized spacial score (nSPS) is 21.4. The van der Waals surface area contributed by atoms with Crippen LogP contribution in [0.2, 0.25) is 0 Å². The number of methoxy groups -OCH3 is 1. The summed E-state index contributed by atoms with van der Waals surface area (Å²) >= 11 is 0. The molecule has 2 rings (SSSR count). The third kappa shape index (κ3) is 4.53. The van der Waals surface area contributed by atoms with Crippen LogP contribution in [0.5, 0.6) is 0 Å². The fourth-order valence-corrected chi connectivity index (χ4v) is 2.87. The van der Waals surface area contributed by atoms with Gasteiger partial charge in [-0.3, -0.25) is 9.69 Å². The molecular formula is C17H27N3O2. The van der Waals surface area contributed by atoms with Gasteiger partial charge >= 0.3 is 0 Å². The molecule has 0 spiro atoms. The second-order valence-corrected chi connectivity index (χ2v) is 5.98. The standard InChI is InChI=1S/C17H27N3O2/c1-14-8-9-19(17(21)16(18)13-22-2)10-11-20(14)12-15-6-4-3-5-7-15/h3-7,14,16H,8-13,18H2,1-2H3. The SMILES string of the molecule is COCC(N)C(=O)N1CCC(C)N(Cc2ccccc2)CC1. The molecule has 1 fully saturated rings. The fourth-order valence-electron chi connectivity index (χ4n) is 2.87. The molecule has 22 heavy (non-hydrogen) atoms. The number of nitrogens with two attached hydrogens (primary N) is 1. The van der Waals surface area contributed by atoms with Crippen molar-refractivity contribution in [3.8, 4) is 0 Å². The van der Waals surface area contributed by atoms with E-state index in [1.807, 2.05) is 11.0 Å². The van der Waals surface area contributed by atoms with Crippen molar-refractivity contribution >= 4 is 5.91 Å². The van der Waals surface area contributed by atoms with Crippen molar-refractivity contribution in [3.05, 3.63) is 35.9 Å². The first-order valence-electron chi connectivity index (χ1n) is 7.93. The van der Waals surface area contributed by atoms with Gasteiger partial charge in [0.05, 0.1) is 6.61 Å². The summed E-state index contributed by atoms with van der Waals surface area (Å²) in [6.45, 7) is 5.80. The molecule has 5 heteroatoms. The number of carbonyl (C=O) groups is 1. The van der Waals surface area contributed by atoms with Gasteiger partial charge in [-0.1, -0.05) is 30.3 Å². The van der Waals surface area contributed by atoms with Crippen LogP contribution in [-0.4, -0.2) is 61.1 Å². The topological polar surface area (TPSA) is 58.8 Å². The summed E-state index contributed by atoms with van der Waals surface area (Å²) in [5.41, 5.74) is 7.18. The van der Waals surface area contributed by atoms with Crippen molar-refractivity contribution in [2.75, 3.05) is 33.4 Å². The van der Waals surface area contributed by atoms with E-state index in [1.54, 1.807) is 7.11 Å². The minimum Gasteiger partial charge on any atom is -0.383 e. The van der Waals surface area contributed by atoms with Gasteiger partial charge in [0.2, 0.25) is 5.91 Å².